The highest BCUT2D eigenvalue weighted by Gasteiger charge is 2.12. The highest BCUT2D eigenvalue weighted by molar-refractivity contribution is 6.31. The minimum Gasteiger partial charge on any atom is -0.383 e. The van der Waals surface area contributed by atoms with Gasteiger partial charge in [-0.1, -0.05) is 11.6 Å². The van der Waals surface area contributed by atoms with Crippen molar-refractivity contribution in [2.24, 2.45) is 0 Å². The number of hydrogen-bond donors (Lipinski definition) is 3. The zero-order valence-electron chi connectivity index (χ0n) is 11.5. The molecule has 0 bridgehead atoms. The summed E-state index contributed by atoms with van der Waals surface area (Å²) in [4.78, 5) is 23.5. The van der Waals surface area contributed by atoms with E-state index in [1.54, 1.807) is 19.2 Å². The molecule has 1 aromatic carbocycles. The Kier molecular flexibility index (Phi) is 7.00. The van der Waals surface area contributed by atoms with Crippen molar-refractivity contribution in [3.8, 4) is 0 Å². The van der Waals surface area contributed by atoms with Gasteiger partial charge in [-0.2, -0.15) is 0 Å². The number of nitrogens with one attached hydrogen (secondary N) is 3. The van der Waals surface area contributed by atoms with E-state index >= 15 is 0 Å². The van der Waals surface area contributed by atoms with Gasteiger partial charge in [0.25, 0.3) is 5.91 Å². The molecular formula is C13H18ClN3O3. The number of anilines is 1. The summed E-state index contributed by atoms with van der Waals surface area (Å²) in [5.41, 5.74) is 0.748. The molecule has 0 saturated carbocycles. The zero-order chi connectivity index (χ0) is 15.0. The molecule has 0 fully saturated rings. The van der Waals surface area contributed by atoms with E-state index in [0.717, 1.165) is 0 Å². The van der Waals surface area contributed by atoms with Crippen LogP contribution >= 0.6 is 11.6 Å². The minimum atomic E-state index is -0.310. The maximum absolute atomic E-state index is 11.7. The molecule has 0 spiro atoms. The molecule has 0 unspecified atom stereocenters. The van der Waals surface area contributed by atoms with Crippen LogP contribution in [0.3, 0.4) is 0 Å². The molecular weight excluding hydrogens is 282 g/mol. The second-order valence-electron chi connectivity index (χ2n) is 3.99. The van der Waals surface area contributed by atoms with Crippen LogP contribution in [0.4, 0.5) is 5.69 Å². The van der Waals surface area contributed by atoms with Crippen molar-refractivity contribution in [2.45, 2.75) is 0 Å². The Hall–Kier alpha value is -1.63. The molecule has 0 aliphatic carbocycles. The van der Waals surface area contributed by atoms with Gasteiger partial charge in [-0.15, -0.1) is 0 Å². The van der Waals surface area contributed by atoms with E-state index in [9.17, 15) is 9.59 Å². The number of ether oxygens (including phenoxy) is 1. The molecule has 3 N–H and O–H groups in total. The maximum atomic E-state index is 11.7. The smallest absolute Gasteiger partial charge is 0.253 e. The standard InChI is InChI=1S/C13H18ClN3O3/c1-15-13(19)10-7-9(14)3-4-11(10)17-12(18)8-16-5-6-20-2/h3-4,7,16H,5-6,8H2,1-2H3,(H,15,19)(H,17,18). The topological polar surface area (TPSA) is 79.5 Å². The molecule has 7 heteroatoms. The van der Waals surface area contributed by atoms with Gasteiger partial charge in [-0.3, -0.25) is 9.59 Å². The molecule has 0 aromatic heterocycles. The first-order valence-electron chi connectivity index (χ1n) is 6.09. The minimum absolute atomic E-state index is 0.138. The van der Waals surface area contributed by atoms with E-state index in [-0.39, 0.29) is 18.4 Å². The summed E-state index contributed by atoms with van der Waals surface area (Å²) in [5, 5.41) is 8.52. The first-order valence-corrected chi connectivity index (χ1v) is 6.47. The van der Waals surface area contributed by atoms with Crippen LogP contribution in [0.5, 0.6) is 0 Å². The van der Waals surface area contributed by atoms with Gasteiger partial charge in [0.05, 0.1) is 24.4 Å². The lowest BCUT2D eigenvalue weighted by molar-refractivity contribution is -0.115. The molecule has 0 aliphatic rings. The van der Waals surface area contributed by atoms with Crippen LogP contribution in [0, 0.1) is 0 Å². The summed E-state index contributed by atoms with van der Waals surface area (Å²) < 4.78 is 4.86. The Labute approximate surface area is 122 Å². The van der Waals surface area contributed by atoms with Crippen molar-refractivity contribution in [2.75, 3.05) is 39.2 Å². The lowest BCUT2D eigenvalue weighted by Gasteiger charge is -2.11. The van der Waals surface area contributed by atoms with Crippen LogP contribution in [0.15, 0.2) is 18.2 Å². The van der Waals surface area contributed by atoms with Crippen molar-refractivity contribution in [3.05, 3.63) is 28.8 Å². The van der Waals surface area contributed by atoms with Crippen molar-refractivity contribution < 1.29 is 14.3 Å². The Morgan fingerprint density at radius 2 is 2.10 bits per heavy atom. The average Bonchev–Trinajstić information content (AvgIpc) is 2.44. The average molecular weight is 300 g/mol. The molecule has 0 atom stereocenters. The van der Waals surface area contributed by atoms with Crippen LogP contribution in [0.2, 0.25) is 5.02 Å². The SMILES string of the molecule is CNC(=O)c1cc(Cl)ccc1NC(=O)CNCCOC. The number of carbonyl (C=O) groups excluding carboxylic acids is 2. The van der Waals surface area contributed by atoms with Crippen molar-refractivity contribution in [3.63, 3.8) is 0 Å². The highest BCUT2D eigenvalue weighted by atomic mass is 35.5. The third-order valence-electron chi connectivity index (χ3n) is 2.50. The molecule has 0 heterocycles. The molecule has 6 nitrogen and oxygen atoms in total. The van der Waals surface area contributed by atoms with E-state index in [1.807, 2.05) is 0 Å². The van der Waals surface area contributed by atoms with E-state index in [2.05, 4.69) is 16.0 Å². The maximum Gasteiger partial charge on any atom is 0.253 e. The first-order chi connectivity index (χ1) is 9.58. The number of hydrogen-bond acceptors (Lipinski definition) is 4. The normalized spacial score (nSPS) is 10.2. The summed E-state index contributed by atoms with van der Waals surface area (Å²) >= 11 is 5.85. The second kappa shape index (κ2) is 8.52. The molecule has 1 aromatic rings. The quantitative estimate of drug-likeness (QED) is 0.653. The largest absolute Gasteiger partial charge is 0.383 e. The summed E-state index contributed by atoms with van der Waals surface area (Å²) in [6, 6.07) is 4.72. The van der Waals surface area contributed by atoms with Gasteiger partial charge < -0.3 is 20.7 Å². The fourth-order valence-electron chi connectivity index (χ4n) is 1.52. The number of methoxy groups -OCH3 is 1. The van der Waals surface area contributed by atoms with Gasteiger partial charge in [-0.05, 0) is 18.2 Å². The van der Waals surface area contributed by atoms with E-state index in [1.165, 1.54) is 13.1 Å². The van der Waals surface area contributed by atoms with Crippen LogP contribution in [0.1, 0.15) is 10.4 Å². The number of carbonyl (C=O) groups is 2. The lowest BCUT2D eigenvalue weighted by atomic mass is 10.1. The van der Waals surface area contributed by atoms with Gasteiger partial charge in [0.2, 0.25) is 5.91 Å². The number of halogens is 1. The Bertz CT molecular complexity index is 480. The van der Waals surface area contributed by atoms with Gasteiger partial charge in [0.1, 0.15) is 0 Å². The molecule has 110 valence electrons. The number of benzene rings is 1. The molecule has 1 rings (SSSR count). The van der Waals surface area contributed by atoms with Crippen molar-refractivity contribution >= 4 is 29.1 Å². The number of rotatable bonds is 7. The summed E-state index contributed by atoms with van der Waals surface area (Å²) in [6.45, 7) is 1.24. The van der Waals surface area contributed by atoms with Crippen LogP contribution in [0.25, 0.3) is 0 Å². The highest BCUT2D eigenvalue weighted by Crippen LogP contribution is 2.20. The van der Waals surface area contributed by atoms with E-state index in [0.29, 0.717) is 29.4 Å². The Morgan fingerprint density at radius 1 is 1.35 bits per heavy atom. The first kappa shape index (κ1) is 16.4. The summed E-state index contributed by atoms with van der Waals surface area (Å²) in [5.74, 6) is -0.552. The fourth-order valence-corrected chi connectivity index (χ4v) is 1.69. The molecule has 0 aliphatic heterocycles. The monoisotopic (exact) mass is 299 g/mol. The predicted octanol–water partition coefficient (Wildman–Crippen LogP) is 0.874. The molecule has 20 heavy (non-hydrogen) atoms. The van der Waals surface area contributed by atoms with Crippen molar-refractivity contribution in [1.29, 1.82) is 0 Å². The molecule has 2 amide bonds. The van der Waals surface area contributed by atoms with E-state index < -0.39 is 0 Å². The zero-order valence-corrected chi connectivity index (χ0v) is 12.2. The Morgan fingerprint density at radius 3 is 2.75 bits per heavy atom. The van der Waals surface area contributed by atoms with Gasteiger partial charge in [-0.25, -0.2) is 0 Å². The predicted molar refractivity (Wildman–Crippen MR) is 78.2 cm³/mol. The van der Waals surface area contributed by atoms with Gasteiger partial charge in [0.15, 0.2) is 0 Å². The van der Waals surface area contributed by atoms with Crippen molar-refractivity contribution in [1.82, 2.24) is 10.6 Å². The van der Waals surface area contributed by atoms with Gasteiger partial charge >= 0.3 is 0 Å². The third kappa shape index (κ3) is 5.16. The molecule has 0 radical (unpaired) electrons. The third-order valence-corrected chi connectivity index (χ3v) is 2.73. The summed E-state index contributed by atoms with van der Waals surface area (Å²) in [7, 11) is 3.10. The van der Waals surface area contributed by atoms with Crippen LogP contribution < -0.4 is 16.0 Å². The fraction of sp³-hybridized carbons (Fsp3) is 0.385. The van der Waals surface area contributed by atoms with Crippen LogP contribution in [-0.2, 0) is 9.53 Å². The lowest BCUT2D eigenvalue weighted by Crippen LogP contribution is -2.31. The van der Waals surface area contributed by atoms with E-state index in [4.69, 9.17) is 16.3 Å². The molecule has 0 saturated heterocycles. The Balaban J connectivity index is 2.67. The summed E-state index contributed by atoms with van der Waals surface area (Å²) in [6.07, 6.45) is 0. The number of amides is 2. The van der Waals surface area contributed by atoms with Gasteiger partial charge in [0, 0.05) is 25.7 Å². The second-order valence-corrected chi connectivity index (χ2v) is 4.42. The van der Waals surface area contributed by atoms with Crippen LogP contribution in [-0.4, -0.2) is 45.7 Å².